The van der Waals surface area contributed by atoms with Crippen molar-refractivity contribution < 1.29 is 4.79 Å². The van der Waals surface area contributed by atoms with Crippen LogP contribution in [0.1, 0.15) is 15.9 Å². The third-order valence-corrected chi connectivity index (χ3v) is 2.07. The van der Waals surface area contributed by atoms with Crippen LogP contribution in [0.2, 0.25) is 0 Å². The zero-order valence-corrected chi connectivity index (χ0v) is 10.4. The molecular formula is C13H11N6O-. The van der Waals surface area contributed by atoms with Gasteiger partial charge in [-0.25, -0.2) is 0 Å². The Balaban J connectivity index is 0.000000520. The summed E-state index contributed by atoms with van der Waals surface area (Å²) in [5.74, 6) is 0.0752. The van der Waals surface area contributed by atoms with E-state index in [9.17, 15) is 4.79 Å². The Morgan fingerprint density at radius 3 is 1.30 bits per heavy atom. The number of hydrogen-bond donors (Lipinski definition) is 1. The van der Waals surface area contributed by atoms with E-state index in [1.807, 2.05) is 60.7 Å². The van der Waals surface area contributed by atoms with Crippen LogP contribution in [0, 0.1) is 5.53 Å². The van der Waals surface area contributed by atoms with Crippen molar-refractivity contribution >= 4 is 5.78 Å². The number of nitrogens with one attached hydrogen (secondary N) is 1. The summed E-state index contributed by atoms with van der Waals surface area (Å²) in [7, 11) is 0. The summed E-state index contributed by atoms with van der Waals surface area (Å²) in [5, 5.41) is 0. The summed E-state index contributed by atoms with van der Waals surface area (Å²) in [6, 6.07) is 18.6. The first-order valence-corrected chi connectivity index (χ1v) is 5.35. The molecule has 20 heavy (non-hydrogen) atoms. The standard InChI is InChI=1S/C13H10O.HN3.N3/c14-13(11-7-3-1-4-8-11)12-9-5-2-6-10-12;2*1-3-2/h1-10H;1H;/q;;-1. The van der Waals surface area contributed by atoms with Gasteiger partial charge in [0, 0.05) is 11.1 Å². The third-order valence-electron chi connectivity index (χ3n) is 2.07. The van der Waals surface area contributed by atoms with Gasteiger partial charge in [0.05, 0.1) is 0 Å². The zero-order chi connectivity index (χ0) is 15.2. The fourth-order valence-electron chi connectivity index (χ4n) is 1.35. The topological polar surface area (TPSA) is 136 Å². The van der Waals surface area contributed by atoms with E-state index in [0.29, 0.717) is 0 Å². The van der Waals surface area contributed by atoms with Crippen molar-refractivity contribution in [2.45, 2.75) is 0 Å². The minimum absolute atomic E-state index is 0.0752. The molecule has 0 bridgehead atoms. The lowest BCUT2D eigenvalue weighted by Crippen LogP contribution is -1.99. The van der Waals surface area contributed by atoms with E-state index >= 15 is 0 Å². The highest BCUT2D eigenvalue weighted by Gasteiger charge is 2.06. The van der Waals surface area contributed by atoms with Crippen molar-refractivity contribution in [1.82, 2.24) is 0 Å². The first-order chi connectivity index (χ1) is 9.71. The Kier molecular flexibility index (Phi) is 9.08. The number of ketones is 1. The van der Waals surface area contributed by atoms with E-state index in [1.165, 1.54) is 4.91 Å². The normalized spacial score (nSPS) is 7.60. The maximum atomic E-state index is 11.8. The fourth-order valence-corrected chi connectivity index (χ4v) is 1.35. The summed E-state index contributed by atoms with van der Waals surface area (Å²) in [4.78, 5) is 15.1. The monoisotopic (exact) mass is 267 g/mol. The van der Waals surface area contributed by atoms with Crippen LogP contribution < -0.4 is 0 Å². The third kappa shape index (κ3) is 6.46. The predicted molar refractivity (Wildman–Crippen MR) is 75.8 cm³/mol. The van der Waals surface area contributed by atoms with Crippen LogP contribution in [0.5, 0.6) is 0 Å². The quantitative estimate of drug-likeness (QED) is 0.360. The van der Waals surface area contributed by atoms with E-state index in [1.54, 1.807) is 4.91 Å². The molecular weight excluding hydrogens is 256 g/mol. The molecule has 0 saturated heterocycles. The molecule has 0 radical (unpaired) electrons. The Bertz CT molecular complexity index is 531. The van der Waals surface area contributed by atoms with Gasteiger partial charge in [-0.2, -0.15) is 0 Å². The molecule has 2 aromatic rings. The lowest BCUT2D eigenvalue weighted by Gasteiger charge is -1.99. The van der Waals surface area contributed by atoms with Crippen LogP contribution in [-0.2, 0) is 0 Å². The second kappa shape index (κ2) is 10.9. The van der Waals surface area contributed by atoms with Gasteiger partial charge in [0.15, 0.2) is 5.78 Å². The Morgan fingerprint density at radius 2 is 1.05 bits per heavy atom. The lowest BCUT2D eigenvalue weighted by molar-refractivity contribution is 0.103. The van der Waals surface area contributed by atoms with Gasteiger partial charge in [0.2, 0.25) is 0 Å². The largest absolute Gasteiger partial charge is 0.373 e. The minimum Gasteiger partial charge on any atom is -0.373 e. The molecule has 7 nitrogen and oxygen atoms in total. The molecule has 0 atom stereocenters. The molecule has 0 aliphatic carbocycles. The highest BCUT2D eigenvalue weighted by molar-refractivity contribution is 6.08. The fraction of sp³-hybridized carbons (Fsp3) is 0. The van der Waals surface area contributed by atoms with Gasteiger partial charge in [-0.1, -0.05) is 60.7 Å². The van der Waals surface area contributed by atoms with Gasteiger partial charge in [-0.05, 0) is 10.4 Å². The second-order valence-electron chi connectivity index (χ2n) is 3.25. The molecule has 7 heteroatoms. The van der Waals surface area contributed by atoms with E-state index in [-0.39, 0.29) is 5.78 Å². The first-order valence-electron chi connectivity index (χ1n) is 5.35. The van der Waals surface area contributed by atoms with Crippen LogP contribution >= 0.6 is 0 Å². The molecule has 2 aromatic carbocycles. The van der Waals surface area contributed by atoms with Crippen LogP contribution in [0.3, 0.4) is 0 Å². The van der Waals surface area contributed by atoms with Crippen molar-refractivity contribution in [3.05, 3.63) is 98.2 Å². The molecule has 0 aromatic heterocycles. The number of carbonyl (C=O) groups is 1. The molecule has 2 rings (SSSR count). The maximum absolute atomic E-state index is 11.8. The average molecular weight is 267 g/mol. The lowest BCUT2D eigenvalue weighted by atomic mass is 10.0. The van der Waals surface area contributed by atoms with Gasteiger partial charge in [-0.15, -0.1) is 5.53 Å². The van der Waals surface area contributed by atoms with Crippen LogP contribution in [0.4, 0.5) is 0 Å². The van der Waals surface area contributed by atoms with E-state index in [0.717, 1.165) is 11.1 Å². The summed E-state index contributed by atoms with van der Waals surface area (Å²) in [5.41, 5.74) is 27.2. The molecule has 0 heterocycles. The Hall–Kier alpha value is -3.27. The number of rotatable bonds is 2. The van der Waals surface area contributed by atoms with E-state index in [2.05, 4.69) is 0 Å². The van der Waals surface area contributed by atoms with Crippen molar-refractivity contribution in [3.63, 3.8) is 0 Å². The molecule has 0 aliphatic heterocycles. The van der Waals surface area contributed by atoms with Gasteiger partial charge in [-0.3, -0.25) is 9.71 Å². The summed E-state index contributed by atoms with van der Waals surface area (Å²) >= 11 is 0. The van der Waals surface area contributed by atoms with E-state index in [4.69, 9.17) is 22.1 Å². The summed E-state index contributed by atoms with van der Waals surface area (Å²) in [6.45, 7) is 0. The highest BCUT2D eigenvalue weighted by atomic mass is 16.1. The molecule has 0 saturated carbocycles. The molecule has 0 spiro atoms. The number of hydrogen-bond acceptors (Lipinski definition) is 2. The molecule has 100 valence electrons. The van der Waals surface area contributed by atoms with Gasteiger partial charge < -0.3 is 11.1 Å². The molecule has 0 amide bonds. The zero-order valence-electron chi connectivity index (χ0n) is 10.4. The predicted octanol–water partition coefficient (Wildman–Crippen LogP) is 4.66. The summed E-state index contributed by atoms with van der Waals surface area (Å²) < 4.78 is 0. The van der Waals surface area contributed by atoms with Crippen molar-refractivity contribution in [3.8, 4) is 0 Å². The molecule has 1 N–H and O–H groups in total. The Morgan fingerprint density at radius 1 is 0.800 bits per heavy atom. The minimum atomic E-state index is 0.0752. The number of carbonyl (C=O) groups excluding carboxylic acids is 1. The van der Waals surface area contributed by atoms with Crippen molar-refractivity contribution in [2.24, 2.45) is 0 Å². The summed E-state index contributed by atoms with van der Waals surface area (Å²) in [6.07, 6.45) is 0. The second-order valence-corrected chi connectivity index (χ2v) is 3.25. The number of benzene rings is 2. The first kappa shape index (κ1) is 16.7. The van der Waals surface area contributed by atoms with Crippen molar-refractivity contribution in [1.29, 1.82) is 5.53 Å². The average Bonchev–Trinajstić information content (AvgIpc) is 2.50. The van der Waals surface area contributed by atoms with Gasteiger partial charge in [0.25, 0.3) is 0 Å². The highest BCUT2D eigenvalue weighted by Crippen LogP contribution is 2.08. The van der Waals surface area contributed by atoms with E-state index < -0.39 is 0 Å². The number of nitrogens with zero attached hydrogens (tertiary/aromatic N) is 5. The molecule has 0 fully saturated rings. The van der Waals surface area contributed by atoms with Crippen molar-refractivity contribution in [2.75, 3.05) is 0 Å². The van der Waals surface area contributed by atoms with Crippen LogP contribution in [0.25, 0.3) is 26.4 Å². The van der Waals surface area contributed by atoms with Gasteiger partial charge in [0.1, 0.15) is 0 Å². The van der Waals surface area contributed by atoms with Gasteiger partial charge >= 0.3 is 0 Å². The molecule has 0 unspecified atom stereocenters. The SMILES string of the molecule is O=C(c1ccccc1)c1ccccc1.[N-]=[N+]=N.[N-]=[N+]=[N-]. The Labute approximate surface area is 115 Å². The molecule has 0 aliphatic rings. The van der Waals surface area contributed by atoms with Crippen LogP contribution in [0.15, 0.2) is 60.7 Å². The smallest absolute Gasteiger partial charge is 0.193 e. The van der Waals surface area contributed by atoms with Crippen LogP contribution in [-0.4, -0.2) is 5.78 Å². The maximum Gasteiger partial charge on any atom is 0.193 e.